The minimum atomic E-state index is 0.0472. The Morgan fingerprint density at radius 2 is 1.23 bits per heavy atom. The van der Waals surface area contributed by atoms with Crippen molar-refractivity contribution < 1.29 is 0 Å². The van der Waals surface area contributed by atoms with E-state index in [-0.39, 0.29) is 12.1 Å². The molecule has 0 fully saturated rings. The van der Waals surface area contributed by atoms with Crippen LogP contribution in [0.5, 0.6) is 0 Å². The monoisotopic (exact) mass is 181 g/mol. The molecule has 13 heavy (non-hydrogen) atoms. The maximum atomic E-state index is 5.89. The molecular weight excluding hydrogens is 162 g/mol. The van der Waals surface area contributed by atoms with Gasteiger partial charge in [-0.15, -0.1) is 0 Å². The van der Waals surface area contributed by atoms with Gasteiger partial charge >= 0.3 is 0 Å². The fourth-order valence-electron chi connectivity index (χ4n) is 1.99. The Kier molecular flexibility index (Phi) is 2.78. The molecule has 74 valence electrons. The molecule has 0 aliphatic carbocycles. The third kappa shape index (κ3) is 1.76. The van der Waals surface area contributed by atoms with Gasteiger partial charge in [-0.1, -0.05) is 0 Å². The predicted molar refractivity (Wildman–Crippen MR) is 55.5 cm³/mol. The molecule has 0 spiro atoms. The zero-order valence-electron chi connectivity index (χ0n) is 8.81. The first-order valence-corrected chi connectivity index (χ1v) is 4.65. The lowest BCUT2D eigenvalue weighted by molar-refractivity contribution is 0.746. The standard InChI is InChI=1S/C10H19N3/c1-5(11)9-7(3)13-8(4)10(9)6(2)12/h5-6,13H,11-12H2,1-4H3. The topological polar surface area (TPSA) is 67.8 Å². The average molecular weight is 181 g/mol. The zero-order chi connectivity index (χ0) is 10.2. The number of rotatable bonds is 2. The van der Waals surface area contributed by atoms with E-state index in [0.717, 1.165) is 11.4 Å². The molecule has 0 amide bonds. The fourth-order valence-corrected chi connectivity index (χ4v) is 1.99. The van der Waals surface area contributed by atoms with Crippen LogP contribution < -0.4 is 11.5 Å². The van der Waals surface area contributed by atoms with Crippen molar-refractivity contribution in [1.29, 1.82) is 0 Å². The van der Waals surface area contributed by atoms with Gasteiger partial charge in [0, 0.05) is 23.5 Å². The zero-order valence-corrected chi connectivity index (χ0v) is 8.81. The van der Waals surface area contributed by atoms with Crippen molar-refractivity contribution in [2.24, 2.45) is 11.5 Å². The first-order valence-electron chi connectivity index (χ1n) is 4.65. The van der Waals surface area contributed by atoms with Gasteiger partial charge in [0.15, 0.2) is 0 Å². The van der Waals surface area contributed by atoms with Crippen molar-refractivity contribution in [2.75, 3.05) is 0 Å². The molecule has 1 aromatic heterocycles. The minimum Gasteiger partial charge on any atom is -0.362 e. The SMILES string of the molecule is Cc1[nH]c(C)c(C(C)N)c1C(C)N. The molecule has 2 atom stereocenters. The Labute approximate surface area is 79.5 Å². The van der Waals surface area contributed by atoms with Gasteiger partial charge in [-0.05, 0) is 38.8 Å². The highest BCUT2D eigenvalue weighted by molar-refractivity contribution is 5.39. The van der Waals surface area contributed by atoms with E-state index < -0.39 is 0 Å². The van der Waals surface area contributed by atoms with Crippen molar-refractivity contribution in [3.63, 3.8) is 0 Å². The van der Waals surface area contributed by atoms with E-state index in [1.807, 2.05) is 27.7 Å². The van der Waals surface area contributed by atoms with Crippen molar-refractivity contribution in [3.8, 4) is 0 Å². The highest BCUT2D eigenvalue weighted by atomic mass is 14.8. The normalized spacial score (nSPS) is 15.8. The third-order valence-electron chi connectivity index (χ3n) is 2.38. The number of aryl methyl sites for hydroxylation is 2. The summed E-state index contributed by atoms with van der Waals surface area (Å²) in [4.78, 5) is 3.28. The van der Waals surface area contributed by atoms with Crippen LogP contribution in [-0.2, 0) is 0 Å². The molecule has 0 aliphatic heterocycles. The summed E-state index contributed by atoms with van der Waals surface area (Å²) in [6.07, 6.45) is 0. The van der Waals surface area contributed by atoms with Gasteiger partial charge < -0.3 is 16.5 Å². The molecule has 3 heteroatoms. The number of aromatic amines is 1. The second-order valence-corrected chi connectivity index (χ2v) is 3.78. The van der Waals surface area contributed by atoms with Crippen LogP contribution in [0.3, 0.4) is 0 Å². The summed E-state index contributed by atoms with van der Waals surface area (Å²) >= 11 is 0. The van der Waals surface area contributed by atoms with E-state index in [9.17, 15) is 0 Å². The van der Waals surface area contributed by atoms with E-state index in [1.54, 1.807) is 0 Å². The van der Waals surface area contributed by atoms with Crippen LogP contribution in [0.2, 0.25) is 0 Å². The Morgan fingerprint density at radius 3 is 1.46 bits per heavy atom. The lowest BCUT2D eigenvalue weighted by Crippen LogP contribution is -2.13. The predicted octanol–water partition coefficient (Wildman–Crippen LogP) is 1.67. The average Bonchev–Trinajstić information content (AvgIpc) is 2.24. The highest BCUT2D eigenvalue weighted by Crippen LogP contribution is 2.27. The van der Waals surface area contributed by atoms with E-state index >= 15 is 0 Å². The molecule has 1 aromatic rings. The second-order valence-electron chi connectivity index (χ2n) is 3.78. The Bertz CT molecular complexity index is 269. The number of hydrogen-bond donors (Lipinski definition) is 3. The Hall–Kier alpha value is -0.800. The van der Waals surface area contributed by atoms with Gasteiger partial charge in [0.2, 0.25) is 0 Å². The number of nitrogens with two attached hydrogens (primary N) is 2. The number of H-pyrrole nitrogens is 1. The molecule has 0 radical (unpaired) electrons. The first-order chi connectivity index (χ1) is 5.95. The molecule has 1 rings (SSSR count). The summed E-state index contributed by atoms with van der Waals surface area (Å²) in [5.74, 6) is 0. The van der Waals surface area contributed by atoms with Crippen molar-refractivity contribution in [3.05, 3.63) is 22.5 Å². The van der Waals surface area contributed by atoms with Gasteiger partial charge in [0.1, 0.15) is 0 Å². The fraction of sp³-hybridized carbons (Fsp3) is 0.600. The Morgan fingerprint density at radius 1 is 0.923 bits per heavy atom. The van der Waals surface area contributed by atoms with Crippen LogP contribution in [0.25, 0.3) is 0 Å². The summed E-state index contributed by atoms with van der Waals surface area (Å²) in [7, 11) is 0. The molecule has 0 aliphatic rings. The van der Waals surface area contributed by atoms with Crippen molar-refractivity contribution >= 4 is 0 Å². The van der Waals surface area contributed by atoms with Crippen molar-refractivity contribution in [2.45, 2.75) is 39.8 Å². The summed E-state index contributed by atoms with van der Waals surface area (Å²) < 4.78 is 0. The van der Waals surface area contributed by atoms with E-state index in [1.165, 1.54) is 11.1 Å². The number of nitrogens with one attached hydrogen (secondary N) is 1. The lowest BCUT2D eigenvalue weighted by atomic mass is 9.98. The summed E-state index contributed by atoms with van der Waals surface area (Å²) in [6, 6.07) is 0.0944. The number of hydrogen-bond acceptors (Lipinski definition) is 2. The summed E-state index contributed by atoms with van der Waals surface area (Å²) in [5, 5.41) is 0. The van der Waals surface area contributed by atoms with Gasteiger partial charge in [-0.25, -0.2) is 0 Å². The molecule has 2 unspecified atom stereocenters. The van der Waals surface area contributed by atoms with Gasteiger partial charge in [-0.2, -0.15) is 0 Å². The third-order valence-corrected chi connectivity index (χ3v) is 2.38. The van der Waals surface area contributed by atoms with Gasteiger partial charge in [0.25, 0.3) is 0 Å². The summed E-state index contributed by atoms with van der Waals surface area (Å²) in [6.45, 7) is 8.05. The smallest absolute Gasteiger partial charge is 0.0287 e. The van der Waals surface area contributed by atoms with Crippen LogP contribution >= 0.6 is 0 Å². The molecular formula is C10H19N3. The minimum absolute atomic E-state index is 0.0472. The first kappa shape index (κ1) is 10.3. The van der Waals surface area contributed by atoms with E-state index in [2.05, 4.69) is 4.98 Å². The molecule has 0 saturated carbocycles. The molecule has 0 aromatic carbocycles. The molecule has 3 nitrogen and oxygen atoms in total. The quantitative estimate of drug-likeness (QED) is 0.649. The van der Waals surface area contributed by atoms with Crippen LogP contribution in [0, 0.1) is 13.8 Å². The number of aromatic nitrogens is 1. The van der Waals surface area contributed by atoms with E-state index in [4.69, 9.17) is 11.5 Å². The van der Waals surface area contributed by atoms with Crippen molar-refractivity contribution in [1.82, 2.24) is 4.98 Å². The molecule has 0 bridgehead atoms. The molecule has 1 heterocycles. The van der Waals surface area contributed by atoms with E-state index in [0.29, 0.717) is 0 Å². The maximum absolute atomic E-state index is 5.89. The molecule has 0 saturated heterocycles. The van der Waals surface area contributed by atoms with Crippen LogP contribution in [0.4, 0.5) is 0 Å². The van der Waals surface area contributed by atoms with Gasteiger partial charge in [0.05, 0.1) is 0 Å². The van der Waals surface area contributed by atoms with Crippen LogP contribution in [0.1, 0.15) is 48.4 Å². The molecule has 5 N–H and O–H groups in total. The maximum Gasteiger partial charge on any atom is 0.0287 e. The Balaban J connectivity index is 3.29. The van der Waals surface area contributed by atoms with Gasteiger partial charge in [-0.3, -0.25) is 0 Å². The second kappa shape index (κ2) is 3.52. The summed E-state index contributed by atoms with van der Waals surface area (Å²) in [5.41, 5.74) is 16.4. The lowest BCUT2D eigenvalue weighted by Gasteiger charge is -2.12. The largest absolute Gasteiger partial charge is 0.362 e. The van der Waals surface area contributed by atoms with Crippen LogP contribution in [0.15, 0.2) is 0 Å². The highest BCUT2D eigenvalue weighted by Gasteiger charge is 2.17. The van der Waals surface area contributed by atoms with Crippen LogP contribution in [-0.4, -0.2) is 4.98 Å².